The molecule has 0 aliphatic heterocycles. The van der Waals surface area contributed by atoms with E-state index in [1.165, 1.54) is 38.5 Å². The predicted molar refractivity (Wildman–Crippen MR) is 43.9 cm³/mol. The first-order valence-electron chi connectivity index (χ1n) is 4.62. The lowest BCUT2D eigenvalue weighted by Gasteiger charge is -2.40. The molecule has 0 aromatic rings. The molecular weight excluding hydrogens is 120 g/mol. The van der Waals surface area contributed by atoms with Gasteiger partial charge in [0.25, 0.3) is 0 Å². The Balaban J connectivity index is 1.89. The summed E-state index contributed by atoms with van der Waals surface area (Å²) in [4.78, 5) is 0. The molecule has 2 aliphatic carbocycles. The molecule has 0 heterocycles. The molecular formula is C10H18. The third-order valence-corrected chi connectivity index (χ3v) is 3.52. The Morgan fingerprint density at radius 3 is 1.70 bits per heavy atom. The summed E-state index contributed by atoms with van der Waals surface area (Å²) in [7, 11) is 0. The molecule has 0 bridgehead atoms. The summed E-state index contributed by atoms with van der Waals surface area (Å²) >= 11 is 0. The summed E-state index contributed by atoms with van der Waals surface area (Å²) < 4.78 is 0. The van der Waals surface area contributed by atoms with Crippen LogP contribution in [0.25, 0.3) is 0 Å². The van der Waals surface area contributed by atoms with E-state index in [4.69, 9.17) is 0 Å². The monoisotopic (exact) mass is 138 g/mol. The molecule has 2 aliphatic rings. The van der Waals surface area contributed by atoms with E-state index in [0.29, 0.717) is 0 Å². The van der Waals surface area contributed by atoms with Crippen LogP contribution in [0, 0.1) is 10.8 Å². The van der Waals surface area contributed by atoms with Gasteiger partial charge in [-0.25, -0.2) is 0 Å². The van der Waals surface area contributed by atoms with Crippen molar-refractivity contribution in [2.24, 2.45) is 10.8 Å². The van der Waals surface area contributed by atoms with Crippen LogP contribution in [0.4, 0.5) is 0 Å². The average molecular weight is 138 g/mol. The van der Waals surface area contributed by atoms with Crippen molar-refractivity contribution in [3.05, 3.63) is 0 Å². The summed E-state index contributed by atoms with van der Waals surface area (Å²) in [6, 6.07) is 0. The Labute approximate surface area is 64.0 Å². The highest BCUT2D eigenvalue weighted by molar-refractivity contribution is 4.96. The summed E-state index contributed by atoms with van der Waals surface area (Å²) in [5.74, 6) is 0. The highest BCUT2D eigenvalue weighted by Gasteiger charge is 2.45. The van der Waals surface area contributed by atoms with Crippen LogP contribution in [0.15, 0.2) is 0 Å². The second kappa shape index (κ2) is 1.78. The first-order chi connectivity index (χ1) is 4.62. The van der Waals surface area contributed by atoms with Gasteiger partial charge in [0.1, 0.15) is 0 Å². The van der Waals surface area contributed by atoms with Crippen molar-refractivity contribution < 1.29 is 0 Å². The number of hydrogen-bond donors (Lipinski definition) is 0. The Bertz CT molecular complexity index is 138. The van der Waals surface area contributed by atoms with Gasteiger partial charge in [-0.1, -0.05) is 20.3 Å². The van der Waals surface area contributed by atoms with E-state index in [1.807, 2.05) is 0 Å². The summed E-state index contributed by atoms with van der Waals surface area (Å²) in [6.45, 7) is 4.93. The molecule has 0 amide bonds. The maximum absolute atomic E-state index is 2.47. The van der Waals surface area contributed by atoms with Crippen LogP contribution >= 0.6 is 0 Å². The fourth-order valence-corrected chi connectivity index (χ4v) is 2.38. The first kappa shape index (κ1) is 6.69. The van der Waals surface area contributed by atoms with E-state index >= 15 is 0 Å². The fraction of sp³-hybridized carbons (Fsp3) is 1.00. The molecule has 0 nitrogen and oxygen atoms in total. The fourth-order valence-electron chi connectivity index (χ4n) is 2.38. The molecule has 0 aromatic carbocycles. The minimum Gasteiger partial charge on any atom is -0.0596 e. The molecule has 0 unspecified atom stereocenters. The van der Waals surface area contributed by atoms with Gasteiger partial charge in [-0.05, 0) is 42.9 Å². The van der Waals surface area contributed by atoms with Crippen LogP contribution in [0.3, 0.4) is 0 Å². The SMILES string of the molecule is CC1(CC2(C)CC2)CCC1. The summed E-state index contributed by atoms with van der Waals surface area (Å²) in [5.41, 5.74) is 1.56. The summed E-state index contributed by atoms with van der Waals surface area (Å²) in [6.07, 6.45) is 9.02. The topological polar surface area (TPSA) is 0 Å². The molecule has 2 rings (SSSR count). The van der Waals surface area contributed by atoms with Crippen LogP contribution in [0.1, 0.15) is 52.4 Å². The van der Waals surface area contributed by atoms with Crippen molar-refractivity contribution >= 4 is 0 Å². The minimum atomic E-state index is 0.769. The Hall–Kier alpha value is 0. The minimum absolute atomic E-state index is 0.769. The van der Waals surface area contributed by atoms with Crippen molar-refractivity contribution in [2.45, 2.75) is 52.4 Å². The van der Waals surface area contributed by atoms with Crippen LogP contribution in [-0.4, -0.2) is 0 Å². The third kappa shape index (κ3) is 1.09. The Morgan fingerprint density at radius 2 is 1.40 bits per heavy atom. The van der Waals surface area contributed by atoms with Crippen molar-refractivity contribution in [1.82, 2.24) is 0 Å². The van der Waals surface area contributed by atoms with Crippen LogP contribution in [0.5, 0.6) is 0 Å². The molecule has 58 valence electrons. The molecule has 0 N–H and O–H groups in total. The quantitative estimate of drug-likeness (QED) is 0.549. The lowest BCUT2D eigenvalue weighted by atomic mass is 9.65. The molecule has 0 radical (unpaired) electrons. The first-order valence-corrected chi connectivity index (χ1v) is 4.62. The lowest BCUT2D eigenvalue weighted by Crippen LogP contribution is -2.28. The van der Waals surface area contributed by atoms with Crippen LogP contribution in [0.2, 0.25) is 0 Å². The average Bonchev–Trinajstić information content (AvgIpc) is 2.44. The van der Waals surface area contributed by atoms with Crippen molar-refractivity contribution in [3.63, 3.8) is 0 Å². The van der Waals surface area contributed by atoms with Crippen molar-refractivity contribution in [3.8, 4) is 0 Å². The van der Waals surface area contributed by atoms with E-state index in [-0.39, 0.29) is 0 Å². The van der Waals surface area contributed by atoms with E-state index < -0.39 is 0 Å². The maximum Gasteiger partial charge on any atom is -0.0320 e. The smallest absolute Gasteiger partial charge is 0.0320 e. The van der Waals surface area contributed by atoms with E-state index in [9.17, 15) is 0 Å². The molecule has 0 atom stereocenters. The van der Waals surface area contributed by atoms with Gasteiger partial charge in [0.2, 0.25) is 0 Å². The highest BCUT2D eigenvalue weighted by atomic mass is 14.5. The van der Waals surface area contributed by atoms with Gasteiger partial charge in [0.15, 0.2) is 0 Å². The summed E-state index contributed by atoms with van der Waals surface area (Å²) in [5, 5.41) is 0. The van der Waals surface area contributed by atoms with Gasteiger partial charge in [-0.15, -0.1) is 0 Å². The molecule has 0 heteroatoms. The van der Waals surface area contributed by atoms with Crippen LogP contribution in [-0.2, 0) is 0 Å². The molecule has 0 aromatic heterocycles. The molecule has 2 fully saturated rings. The van der Waals surface area contributed by atoms with Crippen molar-refractivity contribution in [1.29, 1.82) is 0 Å². The Morgan fingerprint density at radius 1 is 0.900 bits per heavy atom. The Kier molecular flexibility index (Phi) is 1.19. The van der Waals surface area contributed by atoms with Crippen molar-refractivity contribution in [2.75, 3.05) is 0 Å². The van der Waals surface area contributed by atoms with Gasteiger partial charge in [-0.2, -0.15) is 0 Å². The molecule has 0 spiro atoms. The largest absolute Gasteiger partial charge is 0.0596 e. The van der Waals surface area contributed by atoms with E-state index in [2.05, 4.69) is 13.8 Å². The molecule has 2 saturated carbocycles. The number of rotatable bonds is 2. The second-order valence-corrected chi connectivity index (χ2v) is 5.15. The van der Waals surface area contributed by atoms with Crippen LogP contribution < -0.4 is 0 Å². The lowest BCUT2D eigenvalue weighted by molar-refractivity contribution is 0.114. The normalized spacial score (nSPS) is 33.0. The van der Waals surface area contributed by atoms with Gasteiger partial charge in [0, 0.05) is 0 Å². The molecule has 10 heavy (non-hydrogen) atoms. The van der Waals surface area contributed by atoms with E-state index in [1.54, 1.807) is 0 Å². The molecule has 0 saturated heterocycles. The van der Waals surface area contributed by atoms with Gasteiger partial charge >= 0.3 is 0 Å². The van der Waals surface area contributed by atoms with E-state index in [0.717, 1.165) is 10.8 Å². The highest BCUT2D eigenvalue weighted by Crippen LogP contribution is 2.58. The predicted octanol–water partition coefficient (Wildman–Crippen LogP) is 3.37. The standard InChI is InChI=1S/C10H18/c1-9(4-3-5-9)8-10(2)6-7-10/h3-8H2,1-2H3. The second-order valence-electron chi connectivity index (χ2n) is 5.15. The number of hydrogen-bond acceptors (Lipinski definition) is 0. The zero-order chi connectivity index (χ0) is 7.24. The zero-order valence-corrected chi connectivity index (χ0v) is 7.24. The zero-order valence-electron chi connectivity index (χ0n) is 7.24. The van der Waals surface area contributed by atoms with Gasteiger partial charge in [-0.3, -0.25) is 0 Å². The van der Waals surface area contributed by atoms with Gasteiger partial charge < -0.3 is 0 Å². The maximum atomic E-state index is 2.47. The third-order valence-electron chi connectivity index (χ3n) is 3.52. The van der Waals surface area contributed by atoms with Gasteiger partial charge in [0.05, 0.1) is 0 Å².